The third-order valence-electron chi connectivity index (χ3n) is 6.25. The van der Waals surface area contributed by atoms with Gasteiger partial charge in [0.1, 0.15) is 11.4 Å². The molecule has 1 fully saturated rings. The molecule has 3 heterocycles. The van der Waals surface area contributed by atoms with Crippen LogP contribution in [0.4, 0.5) is 10.1 Å². The third-order valence-corrected chi connectivity index (χ3v) is 6.48. The molecule has 1 aliphatic rings. The van der Waals surface area contributed by atoms with Crippen LogP contribution in [0.2, 0.25) is 5.02 Å². The van der Waals surface area contributed by atoms with Crippen molar-refractivity contribution >= 4 is 23.2 Å². The molecule has 1 aliphatic heterocycles. The van der Waals surface area contributed by atoms with Crippen molar-refractivity contribution in [2.24, 2.45) is 0 Å². The van der Waals surface area contributed by atoms with E-state index in [0.717, 1.165) is 24.3 Å². The molecule has 8 heteroatoms. The number of benzene rings is 2. The molecule has 2 aromatic heterocycles. The minimum Gasteiger partial charge on any atom is -0.368 e. The van der Waals surface area contributed by atoms with Gasteiger partial charge in [0, 0.05) is 49.3 Å². The average molecular weight is 478 g/mol. The van der Waals surface area contributed by atoms with E-state index in [1.807, 2.05) is 59.1 Å². The van der Waals surface area contributed by atoms with Gasteiger partial charge in [0.15, 0.2) is 5.82 Å². The smallest absolute Gasteiger partial charge is 0.259 e. The van der Waals surface area contributed by atoms with Crippen LogP contribution in [-0.2, 0) is 0 Å². The summed E-state index contributed by atoms with van der Waals surface area (Å²) in [5.74, 6) is 0.267. The molecule has 0 radical (unpaired) electrons. The Balaban J connectivity index is 1.45. The average Bonchev–Trinajstić information content (AvgIpc) is 3.48. The standard InChI is InChI=1S/C26H25ClFN5O/c1-18-5-6-20(27)17-23(18)30-13-15-32(16-14-30)26(34)24-19(2)29-33(22-9-7-21(28)8-10-22)25(24)31-11-3-4-12-31/h3-12,17H,13-16H2,1-2H3. The molecular weight excluding hydrogens is 453 g/mol. The number of aryl methyl sites for hydroxylation is 2. The molecule has 0 bridgehead atoms. The van der Waals surface area contributed by atoms with E-state index in [1.165, 1.54) is 12.1 Å². The number of carbonyl (C=O) groups excluding carboxylic acids is 1. The van der Waals surface area contributed by atoms with Crippen molar-refractivity contribution in [2.45, 2.75) is 13.8 Å². The van der Waals surface area contributed by atoms with Gasteiger partial charge in [-0.05, 0) is 67.9 Å². The fourth-order valence-corrected chi connectivity index (χ4v) is 4.64. The van der Waals surface area contributed by atoms with Crippen LogP contribution in [0.25, 0.3) is 11.5 Å². The van der Waals surface area contributed by atoms with Gasteiger partial charge < -0.3 is 14.4 Å². The summed E-state index contributed by atoms with van der Waals surface area (Å²) in [4.78, 5) is 17.9. The van der Waals surface area contributed by atoms with Crippen molar-refractivity contribution in [1.82, 2.24) is 19.2 Å². The number of piperazine rings is 1. The van der Waals surface area contributed by atoms with Crippen LogP contribution in [0.15, 0.2) is 67.0 Å². The number of hydrogen-bond donors (Lipinski definition) is 0. The lowest BCUT2D eigenvalue weighted by atomic mass is 10.1. The number of amides is 1. The van der Waals surface area contributed by atoms with E-state index in [1.54, 1.807) is 16.8 Å². The summed E-state index contributed by atoms with van der Waals surface area (Å²) >= 11 is 6.22. The van der Waals surface area contributed by atoms with Crippen molar-refractivity contribution in [3.63, 3.8) is 0 Å². The van der Waals surface area contributed by atoms with Gasteiger partial charge in [-0.3, -0.25) is 4.79 Å². The Bertz CT molecular complexity index is 1320. The van der Waals surface area contributed by atoms with Crippen LogP contribution in [-0.4, -0.2) is 51.3 Å². The van der Waals surface area contributed by atoms with Crippen molar-refractivity contribution in [1.29, 1.82) is 0 Å². The highest BCUT2D eigenvalue weighted by molar-refractivity contribution is 6.30. The molecule has 2 aromatic carbocycles. The summed E-state index contributed by atoms with van der Waals surface area (Å²) in [6.07, 6.45) is 3.76. The third kappa shape index (κ3) is 4.07. The molecule has 0 atom stereocenters. The van der Waals surface area contributed by atoms with Gasteiger partial charge in [0.05, 0.1) is 11.4 Å². The van der Waals surface area contributed by atoms with E-state index >= 15 is 0 Å². The molecule has 34 heavy (non-hydrogen) atoms. The zero-order valence-electron chi connectivity index (χ0n) is 19.1. The number of halogens is 2. The Labute approximate surface area is 202 Å². The Hall–Kier alpha value is -3.58. The van der Waals surface area contributed by atoms with Crippen molar-refractivity contribution in [3.05, 3.63) is 94.7 Å². The summed E-state index contributed by atoms with van der Waals surface area (Å²) in [5, 5.41) is 5.37. The number of rotatable bonds is 4. The van der Waals surface area contributed by atoms with Gasteiger partial charge in [-0.1, -0.05) is 17.7 Å². The van der Waals surface area contributed by atoms with Gasteiger partial charge in [0.25, 0.3) is 5.91 Å². The lowest BCUT2D eigenvalue weighted by Gasteiger charge is -2.37. The van der Waals surface area contributed by atoms with Crippen LogP contribution in [0, 0.1) is 19.7 Å². The highest BCUT2D eigenvalue weighted by Crippen LogP contribution is 2.28. The number of nitrogens with zero attached hydrogens (tertiary/aromatic N) is 5. The SMILES string of the molecule is Cc1ccc(Cl)cc1N1CCN(C(=O)c2c(C)nn(-c3ccc(F)cc3)c2-n2cccc2)CC1. The lowest BCUT2D eigenvalue weighted by Crippen LogP contribution is -2.49. The molecule has 174 valence electrons. The molecule has 0 spiro atoms. The second-order valence-electron chi connectivity index (χ2n) is 8.47. The number of aromatic nitrogens is 3. The number of anilines is 1. The zero-order valence-corrected chi connectivity index (χ0v) is 19.8. The molecular formula is C26H25ClFN5O. The quantitative estimate of drug-likeness (QED) is 0.414. The Morgan fingerprint density at radius 2 is 1.65 bits per heavy atom. The van der Waals surface area contributed by atoms with Crippen LogP contribution in [0.5, 0.6) is 0 Å². The molecule has 0 saturated carbocycles. The molecule has 5 rings (SSSR count). The summed E-state index contributed by atoms with van der Waals surface area (Å²) in [5.41, 5.74) is 4.14. The summed E-state index contributed by atoms with van der Waals surface area (Å²) in [6.45, 7) is 6.54. The Morgan fingerprint density at radius 3 is 2.32 bits per heavy atom. The molecule has 4 aromatic rings. The first-order valence-electron chi connectivity index (χ1n) is 11.2. The van der Waals surface area contributed by atoms with Gasteiger partial charge in [0.2, 0.25) is 0 Å². The largest absolute Gasteiger partial charge is 0.368 e. The minimum atomic E-state index is -0.320. The van der Waals surface area contributed by atoms with Crippen molar-refractivity contribution in [2.75, 3.05) is 31.1 Å². The fraction of sp³-hybridized carbons (Fsp3) is 0.231. The highest BCUT2D eigenvalue weighted by Gasteiger charge is 2.30. The normalized spacial score (nSPS) is 14.0. The van der Waals surface area contributed by atoms with Crippen molar-refractivity contribution in [3.8, 4) is 11.5 Å². The fourth-order valence-electron chi connectivity index (χ4n) is 4.47. The summed E-state index contributed by atoms with van der Waals surface area (Å²) < 4.78 is 17.1. The van der Waals surface area contributed by atoms with Crippen LogP contribution < -0.4 is 4.90 Å². The monoisotopic (exact) mass is 477 g/mol. The highest BCUT2D eigenvalue weighted by atomic mass is 35.5. The van der Waals surface area contributed by atoms with E-state index in [-0.39, 0.29) is 11.7 Å². The predicted octanol–water partition coefficient (Wildman–Crippen LogP) is 5.03. The first-order chi connectivity index (χ1) is 16.4. The van der Waals surface area contributed by atoms with Gasteiger partial charge in [-0.2, -0.15) is 5.10 Å². The second kappa shape index (κ2) is 8.99. The molecule has 6 nitrogen and oxygen atoms in total. The lowest BCUT2D eigenvalue weighted by molar-refractivity contribution is 0.0746. The Kier molecular flexibility index (Phi) is 5.87. The zero-order chi connectivity index (χ0) is 23.8. The topological polar surface area (TPSA) is 46.3 Å². The van der Waals surface area contributed by atoms with Crippen LogP contribution >= 0.6 is 11.6 Å². The maximum absolute atomic E-state index is 13.8. The molecule has 0 N–H and O–H groups in total. The summed E-state index contributed by atoms with van der Waals surface area (Å²) in [7, 11) is 0. The van der Waals surface area contributed by atoms with E-state index in [4.69, 9.17) is 11.6 Å². The van der Waals surface area contributed by atoms with Crippen LogP contribution in [0.3, 0.4) is 0 Å². The van der Waals surface area contributed by atoms with Gasteiger partial charge >= 0.3 is 0 Å². The maximum Gasteiger partial charge on any atom is 0.259 e. The van der Waals surface area contributed by atoms with Gasteiger partial charge in [-0.15, -0.1) is 0 Å². The molecule has 1 amide bonds. The maximum atomic E-state index is 13.8. The first kappa shape index (κ1) is 22.2. The van der Waals surface area contributed by atoms with E-state index < -0.39 is 0 Å². The van der Waals surface area contributed by atoms with E-state index in [0.29, 0.717) is 40.9 Å². The number of hydrogen-bond acceptors (Lipinski definition) is 3. The Morgan fingerprint density at radius 1 is 0.971 bits per heavy atom. The number of carbonyl (C=O) groups is 1. The predicted molar refractivity (Wildman–Crippen MR) is 132 cm³/mol. The first-order valence-corrected chi connectivity index (χ1v) is 11.6. The molecule has 0 unspecified atom stereocenters. The minimum absolute atomic E-state index is 0.0583. The van der Waals surface area contributed by atoms with Gasteiger partial charge in [-0.25, -0.2) is 9.07 Å². The van der Waals surface area contributed by atoms with Crippen molar-refractivity contribution < 1.29 is 9.18 Å². The van der Waals surface area contributed by atoms with E-state index in [2.05, 4.69) is 16.9 Å². The van der Waals surface area contributed by atoms with E-state index in [9.17, 15) is 9.18 Å². The second-order valence-corrected chi connectivity index (χ2v) is 8.91. The molecule has 1 saturated heterocycles. The summed E-state index contributed by atoms with van der Waals surface area (Å²) in [6, 6.07) is 15.8. The molecule has 0 aliphatic carbocycles. The van der Waals surface area contributed by atoms with Crippen LogP contribution in [0.1, 0.15) is 21.6 Å².